The fraction of sp³-hybridized carbons (Fsp3) is 0.517. The summed E-state index contributed by atoms with van der Waals surface area (Å²) in [4.78, 5) is 24.8. The van der Waals surface area contributed by atoms with Gasteiger partial charge in [0.05, 0.1) is 12.2 Å². The minimum atomic E-state index is -4.22. The lowest BCUT2D eigenvalue weighted by Gasteiger charge is -2.34. The van der Waals surface area contributed by atoms with Gasteiger partial charge in [0.25, 0.3) is 15.9 Å². The number of rotatable bonds is 5. The predicted octanol–water partition coefficient (Wildman–Crippen LogP) is 4.16. The predicted molar refractivity (Wildman–Crippen MR) is 155 cm³/mol. The summed E-state index contributed by atoms with van der Waals surface area (Å²) in [6.07, 6.45) is 9.49. The first-order valence-electron chi connectivity index (χ1n) is 14.4. The molecule has 218 valence electrons. The zero-order valence-corrected chi connectivity index (χ0v) is 24.4. The van der Waals surface area contributed by atoms with Crippen LogP contribution < -0.4 is 19.7 Å². The van der Waals surface area contributed by atoms with Crippen molar-refractivity contribution in [2.45, 2.75) is 69.4 Å². The second-order valence-electron chi connectivity index (χ2n) is 11.9. The van der Waals surface area contributed by atoms with Crippen LogP contribution in [0.1, 0.15) is 69.2 Å². The van der Waals surface area contributed by atoms with Crippen LogP contribution in [0, 0.1) is 11.8 Å². The third-order valence-electron chi connectivity index (χ3n) is 8.44. The summed E-state index contributed by atoms with van der Waals surface area (Å²) in [5, 5.41) is 7.56. The fourth-order valence-electron chi connectivity index (χ4n) is 6.02. The number of sulfonamides is 1. The van der Waals surface area contributed by atoms with Crippen LogP contribution in [-0.2, 0) is 10.0 Å². The van der Waals surface area contributed by atoms with Crippen molar-refractivity contribution in [3.63, 3.8) is 0 Å². The molecule has 2 fully saturated rings. The van der Waals surface area contributed by atoms with Gasteiger partial charge in [-0.2, -0.15) is 8.42 Å². The van der Waals surface area contributed by atoms with Crippen molar-refractivity contribution in [2.75, 3.05) is 29.9 Å². The minimum Gasteiger partial charge on any atom is -0.477 e. The quantitative estimate of drug-likeness (QED) is 0.457. The smallest absolute Gasteiger partial charge is 0.281 e. The van der Waals surface area contributed by atoms with E-state index in [9.17, 15) is 13.2 Å². The third kappa shape index (κ3) is 5.88. The van der Waals surface area contributed by atoms with Gasteiger partial charge in [-0.1, -0.05) is 25.3 Å². The summed E-state index contributed by atoms with van der Waals surface area (Å²) >= 11 is 0. The van der Waals surface area contributed by atoms with Crippen molar-refractivity contribution in [1.29, 1.82) is 0 Å². The number of nitrogens with zero attached hydrogens (tertiary/aromatic N) is 5. The second-order valence-corrected chi connectivity index (χ2v) is 13.6. The Balaban J connectivity index is 1.33. The Kier molecular flexibility index (Phi) is 7.35. The van der Waals surface area contributed by atoms with Gasteiger partial charge in [-0.15, -0.1) is 5.10 Å². The average Bonchev–Trinajstić information content (AvgIpc) is 3.50. The largest absolute Gasteiger partial charge is 0.477 e. The van der Waals surface area contributed by atoms with E-state index in [0.29, 0.717) is 48.9 Å². The number of carbonyl (C=O) groups is 1. The first-order valence-corrected chi connectivity index (χ1v) is 15.9. The Labute approximate surface area is 240 Å². The van der Waals surface area contributed by atoms with Crippen LogP contribution in [0.2, 0.25) is 0 Å². The zero-order valence-electron chi connectivity index (χ0n) is 23.5. The van der Waals surface area contributed by atoms with Gasteiger partial charge in [-0.05, 0) is 75.6 Å². The molecule has 3 aromatic rings. The van der Waals surface area contributed by atoms with Crippen molar-refractivity contribution in [2.24, 2.45) is 11.8 Å². The number of amides is 1. The molecule has 3 aliphatic rings. The number of pyridine rings is 2. The van der Waals surface area contributed by atoms with Gasteiger partial charge in [0, 0.05) is 30.9 Å². The number of carbonyl (C=O) groups excluding carboxylic acids is 1. The van der Waals surface area contributed by atoms with E-state index in [1.807, 2.05) is 6.07 Å². The summed E-state index contributed by atoms with van der Waals surface area (Å²) < 4.78 is 36.1. The van der Waals surface area contributed by atoms with E-state index in [1.54, 1.807) is 35.1 Å². The number of fused-ring (bicyclic) bond motifs is 6. The normalized spacial score (nSPS) is 22.0. The molecule has 11 nitrogen and oxygen atoms in total. The van der Waals surface area contributed by atoms with Crippen molar-refractivity contribution in [3.05, 3.63) is 48.2 Å². The van der Waals surface area contributed by atoms with Crippen LogP contribution in [0.4, 0.5) is 11.6 Å². The van der Waals surface area contributed by atoms with E-state index in [0.717, 1.165) is 31.6 Å². The van der Waals surface area contributed by atoms with Crippen molar-refractivity contribution >= 4 is 27.6 Å². The molecule has 6 rings (SSSR count). The summed E-state index contributed by atoms with van der Waals surface area (Å²) in [7, 11) is -4.22. The third-order valence-corrected chi connectivity index (χ3v) is 9.67. The van der Waals surface area contributed by atoms with Gasteiger partial charge in [0.15, 0.2) is 10.8 Å². The number of aromatic nitrogens is 4. The Bertz CT molecular complexity index is 1530. The number of ether oxygens (including phenoxy) is 1. The number of hydrogen-bond acceptors (Lipinski definition) is 9. The lowest BCUT2D eigenvalue weighted by Crippen LogP contribution is -2.41. The molecule has 2 N–H and O–H groups in total. The number of nitrogens with one attached hydrogen (secondary N) is 2. The van der Waals surface area contributed by atoms with Crippen LogP contribution >= 0.6 is 0 Å². The molecule has 1 saturated heterocycles. The maximum absolute atomic E-state index is 13.6. The first-order chi connectivity index (χ1) is 19.7. The molecule has 41 heavy (non-hydrogen) atoms. The van der Waals surface area contributed by atoms with E-state index in [4.69, 9.17) is 9.72 Å². The van der Waals surface area contributed by atoms with Gasteiger partial charge in [-0.25, -0.2) is 19.4 Å². The Morgan fingerprint density at radius 1 is 1.07 bits per heavy atom. The molecule has 0 aromatic carbocycles. The summed E-state index contributed by atoms with van der Waals surface area (Å²) in [6, 6.07) is 9.81. The fourth-order valence-corrected chi connectivity index (χ4v) is 6.96. The maximum atomic E-state index is 13.6. The Morgan fingerprint density at radius 3 is 2.73 bits per heavy atom. The maximum Gasteiger partial charge on any atom is 0.281 e. The van der Waals surface area contributed by atoms with Gasteiger partial charge >= 0.3 is 0 Å². The van der Waals surface area contributed by atoms with Gasteiger partial charge < -0.3 is 15.0 Å². The molecule has 2 aliphatic heterocycles. The van der Waals surface area contributed by atoms with Crippen molar-refractivity contribution in [3.8, 4) is 11.7 Å². The van der Waals surface area contributed by atoms with Gasteiger partial charge in [0.2, 0.25) is 5.88 Å². The number of anilines is 2. The molecule has 3 aromatic heterocycles. The van der Waals surface area contributed by atoms with Crippen LogP contribution in [0.25, 0.3) is 5.82 Å². The molecule has 0 spiro atoms. The number of hydrogen-bond donors (Lipinski definition) is 2. The standard InChI is InChI=1S/C29H37N7O4S/c1-29(2)18-21-8-5-15-30-23-9-4-10-26(31-23)41(38,39)34-28(37)22-11-12-24(32-27(22)35(29)19-21)36-16-13-25(33-36)40-17-14-20-6-3-7-20/h4,9-13,16,20-21H,3,5-8,14-15,17-19H2,1-2H3,(H,30,31)(H,34,37)/t21-/m1/s1. The highest BCUT2D eigenvalue weighted by Crippen LogP contribution is 2.39. The lowest BCUT2D eigenvalue weighted by atomic mass is 9.83. The second kappa shape index (κ2) is 11.0. The van der Waals surface area contributed by atoms with Crippen molar-refractivity contribution < 1.29 is 17.9 Å². The molecular formula is C29H37N7O4S. The monoisotopic (exact) mass is 579 g/mol. The van der Waals surface area contributed by atoms with Crippen LogP contribution in [0.5, 0.6) is 5.88 Å². The highest BCUT2D eigenvalue weighted by Gasteiger charge is 2.41. The highest BCUT2D eigenvalue weighted by molar-refractivity contribution is 7.90. The van der Waals surface area contributed by atoms with Crippen LogP contribution in [-0.4, -0.2) is 59.3 Å². The molecule has 1 saturated carbocycles. The lowest BCUT2D eigenvalue weighted by molar-refractivity contribution is 0.0981. The summed E-state index contributed by atoms with van der Waals surface area (Å²) in [6.45, 7) is 6.28. The SMILES string of the molecule is CC1(C)C[C@H]2CCCNc3cccc(n3)S(=O)(=O)NC(=O)c3ccc(-n4ccc(OCCC5CCC5)n4)nc3N1C2. The molecule has 12 heteroatoms. The van der Waals surface area contributed by atoms with E-state index >= 15 is 0 Å². The van der Waals surface area contributed by atoms with E-state index in [2.05, 4.69) is 38.9 Å². The molecule has 1 aliphatic carbocycles. The van der Waals surface area contributed by atoms with E-state index in [-0.39, 0.29) is 16.1 Å². The molecule has 0 unspecified atom stereocenters. The Morgan fingerprint density at radius 2 is 1.93 bits per heavy atom. The molecule has 0 radical (unpaired) electrons. The highest BCUT2D eigenvalue weighted by atomic mass is 32.2. The van der Waals surface area contributed by atoms with Gasteiger partial charge in [0.1, 0.15) is 11.6 Å². The van der Waals surface area contributed by atoms with Crippen LogP contribution in [0.15, 0.2) is 47.6 Å². The molecular weight excluding hydrogens is 542 g/mol. The Hall–Kier alpha value is -3.67. The average molecular weight is 580 g/mol. The molecule has 5 heterocycles. The molecule has 1 atom stereocenters. The molecule has 4 bridgehead atoms. The van der Waals surface area contributed by atoms with E-state index < -0.39 is 15.9 Å². The van der Waals surface area contributed by atoms with Crippen molar-refractivity contribution in [1.82, 2.24) is 24.5 Å². The zero-order chi connectivity index (χ0) is 28.6. The first kappa shape index (κ1) is 27.5. The van der Waals surface area contributed by atoms with Crippen LogP contribution in [0.3, 0.4) is 0 Å². The minimum absolute atomic E-state index is 0.180. The van der Waals surface area contributed by atoms with E-state index in [1.165, 1.54) is 25.3 Å². The topological polar surface area (TPSA) is 131 Å². The summed E-state index contributed by atoms with van der Waals surface area (Å²) in [5.74, 6) is 2.32. The van der Waals surface area contributed by atoms with Gasteiger partial charge in [-0.3, -0.25) is 4.79 Å². The molecule has 1 amide bonds. The summed E-state index contributed by atoms with van der Waals surface area (Å²) in [5.41, 5.74) is -0.111.